The van der Waals surface area contributed by atoms with Gasteiger partial charge < -0.3 is 10.3 Å². The number of carbonyl (C=O) groups is 1. The summed E-state index contributed by atoms with van der Waals surface area (Å²) in [5.74, 6) is 0.746. The van der Waals surface area contributed by atoms with Crippen LogP contribution in [0.5, 0.6) is 0 Å². The molecule has 4 rings (SSSR count). The highest BCUT2D eigenvalue weighted by Crippen LogP contribution is 2.21. The van der Waals surface area contributed by atoms with Gasteiger partial charge in [0.1, 0.15) is 0 Å². The van der Waals surface area contributed by atoms with E-state index in [0.717, 1.165) is 33.5 Å². The van der Waals surface area contributed by atoms with Crippen LogP contribution in [0, 0.1) is 6.92 Å². The first-order valence-electron chi connectivity index (χ1n) is 8.94. The molecule has 6 heteroatoms. The van der Waals surface area contributed by atoms with Crippen LogP contribution in [-0.2, 0) is 11.2 Å². The van der Waals surface area contributed by atoms with Gasteiger partial charge in [0, 0.05) is 34.6 Å². The Balaban J connectivity index is 1.48. The van der Waals surface area contributed by atoms with Crippen molar-refractivity contribution in [3.63, 3.8) is 0 Å². The van der Waals surface area contributed by atoms with Crippen LogP contribution in [0.1, 0.15) is 29.8 Å². The lowest BCUT2D eigenvalue weighted by Gasteiger charge is -2.14. The Labute approximate surface area is 157 Å². The summed E-state index contributed by atoms with van der Waals surface area (Å²) >= 11 is 0. The number of nitrogens with zero attached hydrogens (tertiary/aromatic N) is 3. The third kappa shape index (κ3) is 3.33. The van der Waals surface area contributed by atoms with Crippen LogP contribution in [0.25, 0.3) is 16.7 Å². The van der Waals surface area contributed by atoms with Gasteiger partial charge in [-0.25, -0.2) is 9.67 Å². The Morgan fingerprint density at radius 1 is 1.22 bits per heavy atom. The van der Waals surface area contributed by atoms with Crippen molar-refractivity contribution in [1.82, 2.24) is 25.1 Å². The number of fused-ring (bicyclic) bond motifs is 1. The Morgan fingerprint density at radius 3 is 2.85 bits per heavy atom. The molecule has 2 N–H and O–H groups in total. The largest absolute Gasteiger partial charge is 0.361 e. The first-order chi connectivity index (χ1) is 13.1. The number of amides is 1. The van der Waals surface area contributed by atoms with Crippen LogP contribution >= 0.6 is 0 Å². The molecule has 0 aliphatic carbocycles. The molecule has 0 saturated heterocycles. The second kappa shape index (κ2) is 7.07. The summed E-state index contributed by atoms with van der Waals surface area (Å²) < 4.78 is 1.79. The van der Waals surface area contributed by atoms with Crippen molar-refractivity contribution < 1.29 is 4.79 Å². The smallest absolute Gasteiger partial charge is 0.224 e. The first kappa shape index (κ1) is 17.0. The highest BCUT2D eigenvalue weighted by atomic mass is 16.1. The van der Waals surface area contributed by atoms with E-state index in [9.17, 15) is 4.79 Å². The van der Waals surface area contributed by atoms with Gasteiger partial charge in [0.15, 0.2) is 5.82 Å². The molecule has 0 spiro atoms. The molecule has 0 aliphatic rings. The van der Waals surface area contributed by atoms with Gasteiger partial charge >= 0.3 is 0 Å². The number of para-hydroxylation sites is 1. The monoisotopic (exact) mass is 359 g/mol. The minimum absolute atomic E-state index is 0.0164. The average Bonchev–Trinajstić information content (AvgIpc) is 3.26. The summed E-state index contributed by atoms with van der Waals surface area (Å²) in [6.45, 7) is 3.96. The van der Waals surface area contributed by atoms with Crippen molar-refractivity contribution in [2.45, 2.75) is 26.3 Å². The summed E-state index contributed by atoms with van der Waals surface area (Å²) in [6.07, 6.45) is 5.77. The number of pyridine rings is 1. The molecule has 0 saturated carbocycles. The van der Waals surface area contributed by atoms with Gasteiger partial charge in [0.05, 0.1) is 18.7 Å². The Morgan fingerprint density at radius 2 is 2.04 bits per heavy atom. The minimum Gasteiger partial charge on any atom is -0.361 e. The molecule has 0 bridgehead atoms. The molecule has 0 fully saturated rings. The van der Waals surface area contributed by atoms with E-state index in [0.29, 0.717) is 6.42 Å². The number of nitrogens with one attached hydrogen (secondary N) is 2. The van der Waals surface area contributed by atoms with E-state index >= 15 is 0 Å². The molecule has 1 atom stereocenters. The zero-order valence-electron chi connectivity index (χ0n) is 15.3. The maximum Gasteiger partial charge on any atom is 0.224 e. The number of hydrogen-bond donors (Lipinski definition) is 2. The lowest BCUT2D eigenvalue weighted by atomic mass is 10.1. The van der Waals surface area contributed by atoms with Crippen LogP contribution in [-0.4, -0.2) is 25.7 Å². The fraction of sp³-hybridized carbons (Fsp3) is 0.190. The Hall–Kier alpha value is -3.41. The lowest BCUT2D eigenvalue weighted by molar-refractivity contribution is -0.121. The quantitative estimate of drug-likeness (QED) is 0.573. The maximum absolute atomic E-state index is 12.6. The summed E-state index contributed by atoms with van der Waals surface area (Å²) in [4.78, 5) is 20.1. The summed E-state index contributed by atoms with van der Waals surface area (Å²) in [7, 11) is 0. The number of rotatable bonds is 5. The van der Waals surface area contributed by atoms with Gasteiger partial charge in [-0.3, -0.25) is 4.79 Å². The van der Waals surface area contributed by atoms with Crippen LogP contribution in [0.3, 0.4) is 0 Å². The van der Waals surface area contributed by atoms with Gasteiger partial charge in [-0.2, -0.15) is 5.10 Å². The fourth-order valence-corrected chi connectivity index (χ4v) is 3.38. The van der Waals surface area contributed by atoms with E-state index in [4.69, 9.17) is 0 Å². The molecule has 27 heavy (non-hydrogen) atoms. The molecule has 4 aromatic rings. The van der Waals surface area contributed by atoms with E-state index in [-0.39, 0.29) is 11.9 Å². The van der Waals surface area contributed by atoms with Gasteiger partial charge in [0.25, 0.3) is 0 Å². The first-order valence-corrected chi connectivity index (χ1v) is 8.94. The van der Waals surface area contributed by atoms with Crippen molar-refractivity contribution in [2.75, 3.05) is 0 Å². The molecule has 6 nitrogen and oxygen atoms in total. The molecule has 3 heterocycles. The summed E-state index contributed by atoms with van der Waals surface area (Å²) in [5, 5.41) is 8.59. The summed E-state index contributed by atoms with van der Waals surface area (Å²) in [6, 6.07) is 13.6. The van der Waals surface area contributed by atoms with Crippen molar-refractivity contribution in [2.24, 2.45) is 0 Å². The number of hydrogen-bond acceptors (Lipinski definition) is 3. The molecule has 0 radical (unpaired) electrons. The van der Waals surface area contributed by atoms with E-state index in [2.05, 4.69) is 20.4 Å². The third-order valence-corrected chi connectivity index (χ3v) is 4.78. The Bertz CT molecular complexity index is 1080. The SMILES string of the molecule is Cc1c([C@H](C)NC(=O)Cc2c[nH]c3ccccc23)cnn1-c1ccccn1. The molecule has 1 amide bonds. The van der Waals surface area contributed by atoms with E-state index in [1.807, 2.05) is 62.5 Å². The predicted molar refractivity (Wildman–Crippen MR) is 105 cm³/mol. The third-order valence-electron chi connectivity index (χ3n) is 4.78. The topological polar surface area (TPSA) is 75.6 Å². The zero-order valence-corrected chi connectivity index (χ0v) is 15.3. The fourth-order valence-electron chi connectivity index (χ4n) is 3.38. The molecular formula is C21H21N5O. The molecule has 136 valence electrons. The number of aromatic nitrogens is 4. The van der Waals surface area contributed by atoms with Gasteiger partial charge in [-0.15, -0.1) is 0 Å². The molecule has 0 aliphatic heterocycles. The van der Waals surface area contributed by atoms with E-state index < -0.39 is 0 Å². The highest BCUT2D eigenvalue weighted by molar-refractivity contribution is 5.88. The number of benzene rings is 1. The number of aromatic amines is 1. The lowest BCUT2D eigenvalue weighted by Crippen LogP contribution is -2.28. The standard InChI is InChI=1S/C21H21N5O/c1-14(18-13-24-26(15(18)2)20-9-5-6-10-22-20)25-21(27)11-16-12-23-19-8-4-3-7-17(16)19/h3-10,12-14,23H,11H2,1-2H3,(H,25,27)/t14-/m0/s1. The second-order valence-electron chi connectivity index (χ2n) is 6.61. The van der Waals surface area contributed by atoms with Crippen LogP contribution in [0.15, 0.2) is 61.1 Å². The van der Waals surface area contributed by atoms with Crippen molar-refractivity contribution >= 4 is 16.8 Å². The highest BCUT2D eigenvalue weighted by Gasteiger charge is 2.17. The zero-order chi connectivity index (χ0) is 18.8. The number of carbonyl (C=O) groups excluding carboxylic acids is 1. The normalized spacial score (nSPS) is 12.2. The Kier molecular flexibility index (Phi) is 4.46. The van der Waals surface area contributed by atoms with E-state index in [1.54, 1.807) is 17.1 Å². The minimum atomic E-state index is -0.139. The maximum atomic E-state index is 12.6. The van der Waals surface area contributed by atoms with Gasteiger partial charge in [-0.05, 0) is 37.6 Å². The molecule has 0 unspecified atom stereocenters. The van der Waals surface area contributed by atoms with Crippen LogP contribution in [0.2, 0.25) is 0 Å². The van der Waals surface area contributed by atoms with Crippen LogP contribution in [0.4, 0.5) is 0 Å². The van der Waals surface area contributed by atoms with Crippen molar-refractivity contribution in [3.05, 3.63) is 77.9 Å². The van der Waals surface area contributed by atoms with Gasteiger partial charge in [0.2, 0.25) is 5.91 Å². The van der Waals surface area contributed by atoms with Crippen LogP contribution < -0.4 is 5.32 Å². The second-order valence-corrected chi connectivity index (χ2v) is 6.61. The average molecular weight is 359 g/mol. The molecule has 3 aromatic heterocycles. The molecular weight excluding hydrogens is 338 g/mol. The predicted octanol–water partition coefficient (Wildman–Crippen LogP) is 3.48. The van der Waals surface area contributed by atoms with E-state index in [1.165, 1.54) is 0 Å². The summed E-state index contributed by atoms with van der Waals surface area (Å²) in [5.41, 5.74) is 3.98. The van der Waals surface area contributed by atoms with Crippen molar-refractivity contribution in [3.8, 4) is 5.82 Å². The molecule has 1 aromatic carbocycles. The van der Waals surface area contributed by atoms with Gasteiger partial charge in [-0.1, -0.05) is 24.3 Å². The van der Waals surface area contributed by atoms with Crippen molar-refractivity contribution in [1.29, 1.82) is 0 Å². The number of H-pyrrole nitrogens is 1.